The third kappa shape index (κ3) is 2.89. The summed E-state index contributed by atoms with van der Waals surface area (Å²) >= 11 is 0. The summed E-state index contributed by atoms with van der Waals surface area (Å²) in [4.78, 5) is 14.1. The van der Waals surface area contributed by atoms with Crippen molar-refractivity contribution in [3.05, 3.63) is 53.5 Å². The number of anilines is 1. The molecule has 1 saturated heterocycles. The SMILES string of the molecule is Cc1c(C)n(Cc2ccccc2)c2ncnc(N3CCN(C)CC3)c12. The van der Waals surface area contributed by atoms with Gasteiger partial charge in [0.1, 0.15) is 17.8 Å². The number of nitrogens with zero attached hydrogens (tertiary/aromatic N) is 5. The molecule has 5 nitrogen and oxygen atoms in total. The van der Waals surface area contributed by atoms with Crippen molar-refractivity contribution in [2.24, 2.45) is 0 Å². The van der Waals surface area contributed by atoms with Crippen LogP contribution in [0.5, 0.6) is 0 Å². The Morgan fingerprint density at radius 1 is 0.960 bits per heavy atom. The van der Waals surface area contributed by atoms with Crippen LogP contribution in [0.3, 0.4) is 0 Å². The Balaban J connectivity index is 1.79. The van der Waals surface area contributed by atoms with Crippen LogP contribution in [0, 0.1) is 13.8 Å². The highest BCUT2D eigenvalue weighted by molar-refractivity contribution is 5.92. The highest BCUT2D eigenvalue weighted by Crippen LogP contribution is 2.31. The number of benzene rings is 1. The Hall–Kier alpha value is -2.40. The summed E-state index contributed by atoms with van der Waals surface area (Å²) in [6.07, 6.45) is 1.72. The normalized spacial score (nSPS) is 15.9. The lowest BCUT2D eigenvalue weighted by atomic mass is 10.2. The molecule has 0 bridgehead atoms. The molecule has 5 heteroatoms. The molecule has 0 amide bonds. The van der Waals surface area contributed by atoms with Gasteiger partial charge in [0.25, 0.3) is 0 Å². The van der Waals surface area contributed by atoms with Crippen molar-refractivity contribution in [2.75, 3.05) is 38.1 Å². The highest BCUT2D eigenvalue weighted by Gasteiger charge is 2.22. The molecule has 130 valence electrons. The number of aryl methyl sites for hydroxylation is 1. The molecular weight excluding hydrogens is 310 g/mol. The van der Waals surface area contributed by atoms with Gasteiger partial charge in [0.05, 0.1) is 5.39 Å². The third-order valence-corrected chi connectivity index (χ3v) is 5.37. The third-order valence-electron chi connectivity index (χ3n) is 5.37. The summed E-state index contributed by atoms with van der Waals surface area (Å²) in [6.45, 7) is 9.42. The molecule has 0 radical (unpaired) electrons. The first-order valence-electron chi connectivity index (χ1n) is 8.93. The molecule has 2 aromatic heterocycles. The van der Waals surface area contributed by atoms with E-state index in [4.69, 9.17) is 0 Å². The van der Waals surface area contributed by atoms with Crippen LogP contribution in [-0.2, 0) is 6.54 Å². The lowest BCUT2D eigenvalue weighted by Gasteiger charge is -2.33. The maximum Gasteiger partial charge on any atom is 0.146 e. The van der Waals surface area contributed by atoms with Crippen molar-refractivity contribution >= 4 is 16.9 Å². The Kier molecular flexibility index (Phi) is 4.17. The summed E-state index contributed by atoms with van der Waals surface area (Å²) in [6, 6.07) is 10.6. The number of likely N-dealkylation sites (N-methyl/N-ethyl adjacent to an activating group) is 1. The quantitative estimate of drug-likeness (QED) is 0.738. The number of hydrogen-bond acceptors (Lipinski definition) is 4. The molecule has 0 atom stereocenters. The van der Waals surface area contributed by atoms with Crippen LogP contribution < -0.4 is 4.90 Å². The van der Waals surface area contributed by atoms with Crippen LogP contribution in [0.25, 0.3) is 11.0 Å². The lowest BCUT2D eigenvalue weighted by Crippen LogP contribution is -2.44. The minimum atomic E-state index is 0.843. The summed E-state index contributed by atoms with van der Waals surface area (Å²) in [5.74, 6) is 1.09. The second-order valence-corrected chi connectivity index (χ2v) is 6.97. The van der Waals surface area contributed by atoms with Crippen LogP contribution in [0.1, 0.15) is 16.8 Å². The van der Waals surface area contributed by atoms with Crippen molar-refractivity contribution in [3.63, 3.8) is 0 Å². The van der Waals surface area contributed by atoms with Gasteiger partial charge in [-0.3, -0.25) is 0 Å². The minimum absolute atomic E-state index is 0.843. The van der Waals surface area contributed by atoms with Crippen LogP contribution in [0.15, 0.2) is 36.7 Å². The first-order valence-corrected chi connectivity index (χ1v) is 8.93. The zero-order valence-corrected chi connectivity index (χ0v) is 15.2. The van der Waals surface area contributed by atoms with Crippen LogP contribution in [0.4, 0.5) is 5.82 Å². The molecule has 3 aromatic rings. The summed E-state index contributed by atoms with van der Waals surface area (Å²) in [7, 11) is 2.18. The standard InChI is InChI=1S/C20H25N5/c1-15-16(2)25(13-17-7-5-4-6-8-17)20-18(15)19(21-14-22-20)24-11-9-23(3)10-12-24/h4-8,14H,9-13H2,1-3H3. The Morgan fingerprint density at radius 3 is 2.40 bits per heavy atom. The fraction of sp³-hybridized carbons (Fsp3) is 0.400. The molecule has 0 aliphatic carbocycles. The molecular formula is C20H25N5. The van der Waals surface area contributed by atoms with Crippen molar-refractivity contribution in [3.8, 4) is 0 Å². The maximum absolute atomic E-state index is 4.66. The molecule has 1 aliphatic rings. The first kappa shape index (κ1) is 16.1. The predicted molar refractivity (Wildman–Crippen MR) is 102 cm³/mol. The van der Waals surface area contributed by atoms with Gasteiger partial charge in [-0.25, -0.2) is 9.97 Å². The van der Waals surface area contributed by atoms with Gasteiger partial charge in [0.2, 0.25) is 0 Å². The Labute approximate surface area is 148 Å². The molecule has 0 N–H and O–H groups in total. The van der Waals surface area contributed by atoms with E-state index in [2.05, 4.69) is 75.6 Å². The van der Waals surface area contributed by atoms with Crippen molar-refractivity contribution < 1.29 is 0 Å². The molecule has 1 aromatic carbocycles. The highest BCUT2D eigenvalue weighted by atomic mass is 15.3. The van der Waals surface area contributed by atoms with E-state index in [0.717, 1.165) is 44.2 Å². The van der Waals surface area contributed by atoms with E-state index < -0.39 is 0 Å². The van der Waals surface area contributed by atoms with Gasteiger partial charge in [-0.2, -0.15) is 0 Å². The second kappa shape index (κ2) is 6.48. The molecule has 1 fully saturated rings. The van der Waals surface area contributed by atoms with Crippen LogP contribution in [0.2, 0.25) is 0 Å². The van der Waals surface area contributed by atoms with E-state index >= 15 is 0 Å². The van der Waals surface area contributed by atoms with Gasteiger partial charge >= 0.3 is 0 Å². The molecule has 1 aliphatic heterocycles. The van der Waals surface area contributed by atoms with E-state index in [1.54, 1.807) is 6.33 Å². The fourth-order valence-electron chi connectivity index (χ4n) is 3.67. The number of aromatic nitrogens is 3. The zero-order chi connectivity index (χ0) is 17.4. The monoisotopic (exact) mass is 335 g/mol. The number of hydrogen-bond donors (Lipinski definition) is 0. The molecule has 3 heterocycles. The van der Waals surface area contributed by atoms with Gasteiger partial charge in [0.15, 0.2) is 0 Å². The van der Waals surface area contributed by atoms with E-state index in [1.807, 2.05) is 0 Å². The van der Waals surface area contributed by atoms with Crippen molar-refractivity contribution in [2.45, 2.75) is 20.4 Å². The summed E-state index contributed by atoms with van der Waals surface area (Å²) in [5, 5.41) is 1.21. The first-order chi connectivity index (χ1) is 12.1. The smallest absolute Gasteiger partial charge is 0.146 e. The van der Waals surface area contributed by atoms with Gasteiger partial charge in [0, 0.05) is 38.4 Å². The number of piperazine rings is 1. The van der Waals surface area contributed by atoms with Crippen molar-refractivity contribution in [1.29, 1.82) is 0 Å². The number of fused-ring (bicyclic) bond motifs is 1. The lowest BCUT2D eigenvalue weighted by molar-refractivity contribution is 0.312. The summed E-state index contributed by atoms with van der Waals surface area (Å²) < 4.78 is 2.32. The zero-order valence-electron chi connectivity index (χ0n) is 15.2. The van der Waals surface area contributed by atoms with E-state index in [-0.39, 0.29) is 0 Å². The van der Waals surface area contributed by atoms with Crippen molar-refractivity contribution in [1.82, 2.24) is 19.4 Å². The van der Waals surface area contributed by atoms with Gasteiger partial charge in [-0.1, -0.05) is 30.3 Å². The van der Waals surface area contributed by atoms with Gasteiger partial charge < -0.3 is 14.4 Å². The van der Waals surface area contributed by atoms with E-state index in [0.29, 0.717) is 0 Å². The summed E-state index contributed by atoms with van der Waals surface area (Å²) in [5.41, 5.74) is 4.90. The van der Waals surface area contributed by atoms with Gasteiger partial charge in [-0.15, -0.1) is 0 Å². The second-order valence-electron chi connectivity index (χ2n) is 6.97. The topological polar surface area (TPSA) is 37.2 Å². The average molecular weight is 335 g/mol. The molecule has 25 heavy (non-hydrogen) atoms. The molecule has 0 saturated carbocycles. The number of rotatable bonds is 3. The molecule has 0 unspecified atom stereocenters. The average Bonchev–Trinajstić information content (AvgIpc) is 2.88. The maximum atomic E-state index is 4.66. The van der Waals surface area contributed by atoms with E-state index in [1.165, 1.54) is 22.2 Å². The van der Waals surface area contributed by atoms with Gasteiger partial charge in [-0.05, 0) is 32.0 Å². The largest absolute Gasteiger partial charge is 0.353 e. The fourth-order valence-corrected chi connectivity index (χ4v) is 3.67. The van der Waals surface area contributed by atoms with Crippen LogP contribution >= 0.6 is 0 Å². The van der Waals surface area contributed by atoms with E-state index in [9.17, 15) is 0 Å². The Bertz CT molecular complexity index is 876. The molecule has 0 spiro atoms. The van der Waals surface area contributed by atoms with Crippen LogP contribution in [-0.4, -0.2) is 52.7 Å². The minimum Gasteiger partial charge on any atom is -0.353 e. The molecule has 4 rings (SSSR count). The predicted octanol–water partition coefficient (Wildman–Crippen LogP) is 2.85. The Morgan fingerprint density at radius 2 is 1.68 bits per heavy atom.